The number of hydrazine groups is 1. The van der Waals surface area contributed by atoms with E-state index in [1.54, 1.807) is 30.3 Å². The van der Waals surface area contributed by atoms with Crippen LogP contribution in [0.1, 0.15) is 60.9 Å². The maximum Gasteiger partial charge on any atom is 0.336 e. The Hall–Kier alpha value is -7.89. The lowest BCUT2D eigenvalue weighted by molar-refractivity contribution is -0.148. The van der Waals surface area contributed by atoms with E-state index in [2.05, 4.69) is 31.7 Å². The zero-order valence-electron chi connectivity index (χ0n) is 33.4. The highest BCUT2D eigenvalue weighted by Gasteiger charge is 2.34. The first kappa shape index (κ1) is 49.5. The van der Waals surface area contributed by atoms with E-state index in [1.807, 2.05) is 22.8 Å². The lowest BCUT2D eigenvalue weighted by Crippen LogP contribution is -2.59. The van der Waals surface area contributed by atoms with Gasteiger partial charge in [0, 0.05) is 32.0 Å². The van der Waals surface area contributed by atoms with E-state index < -0.39 is 115 Å². The standard InChI is InChI=1S/C39H47N9O15/c40-48-28-13-10-23(19-42-28)32(53)43-24(11-14-29(49)50)34(55)47-31(38(61)62)35(56)44-27(18-20-8-9-21-5-1-2-6-22(21)17-20)33(54)41-16-4-3-7-25(36(57)58)45-39(63)46-26(37(59)60)12-15-30(51)52/h1-2,5-6,8-10,13,17,19,24-27,31H,3-4,7,11-12,14-16,18,40H2,(H,41,54)(H,42,48)(H,43,53)(H,44,56)(H,47,55)(H,49,50)(H,51,52)(H,57,58)(H,59,60)(H,61,62)(H2,45,46,63). The molecule has 0 saturated heterocycles. The van der Waals surface area contributed by atoms with Gasteiger partial charge in [-0.1, -0.05) is 42.5 Å². The number of anilines is 1. The lowest BCUT2D eigenvalue weighted by Gasteiger charge is -2.23. The summed E-state index contributed by atoms with van der Waals surface area (Å²) in [6.07, 6.45) is -1.26. The number of aliphatic carboxylic acids is 5. The fraction of sp³-hybridized carbons (Fsp3) is 0.359. The van der Waals surface area contributed by atoms with Gasteiger partial charge in [0.25, 0.3) is 11.8 Å². The van der Waals surface area contributed by atoms with Crippen molar-refractivity contribution in [1.82, 2.24) is 36.9 Å². The van der Waals surface area contributed by atoms with Gasteiger partial charge in [0.1, 0.15) is 30.0 Å². The van der Waals surface area contributed by atoms with Gasteiger partial charge in [-0.25, -0.2) is 30.0 Å². The Morgan fingerprint density at radius 3 is 1.78 bits per heavy atom. The molecule has 24 nitrogen and oxygen atoms in total. The molecule has 1 heterocycles. The third-order valence-electron chi connectivity index (χ3n) is 9.20. The van der Waals surface area contributed by atoms with Gasteiger partial charge in [0.2, 0.25) is 17.9 Å². The normalized spacial score (nSPS) is 13.1. The topological polar surface area (TPSA) is 395 Å². The molecule has 2 aromatic carbocycles. The molecule has 14 N–H and O–H groups in total. The largest absolute Gasteiger partial charge is 0.481 e. The van der Waals surface area contributed by atoms with Crippen LogP contribution in [0.25, 0.3) is 10.8 Å². The van der Waals surface area contributed by atoms with E-state index in [-0.39, 0.29) is 43.6 Å². The van der Waals surface area contributed by atoms with Gasteiger partial charge in [0.05, 0.1) is 5.56 Å². The number of benzene rings is 2. The van der Waals surface area contributed by atoms with Crippen LogP contribution in [-0.4, -0.2) is 127 Å². The summed E-state index contributed by atoms with van der Waals surface area (Å²) in [5, 5.41) is 61.9. The summed E-state index contributed by atoms with van der Waals surface area (Å²) in [6, 6.07) is 5.32. The summed E-state index contributed by atoms with van der Waals surface area (Å²) in [5.41, 5.74) is 2.73. The van der Waals surface area contributed by atoms with E-state index in [0.29, 0.717) is 5.56 Å². The number of rotatable bonds is 26. The minimum atomic E-state index is -2.34. The maximum atomic E-state index is 13.6. The third kappa shape index (κ3) is 16.6. The number of nitrogens with two attached hydrogens (primary N) is 1. The molecule has 63 heavy (non-hydrogen) atoms. The van der Waals surface area contributed by atoms with Crippen LogP contribution in [0.4, 0.5) is 10.6 Å². The van der Waals surface area contributed by atoms with Gasteiger partial charge in [-0.3, -0.25) is 28.8 Å². The fourth-order valence-corrected chi connectivity index (χ4v) is 5.89. The molecule has 0 saturated carbocycles. The summed E-state index contributed by atoms with van der Waals surface area (Å²) in [7, 11) is 0. The molecule has 0 spiro atoms. The van der Waals surface area contributed by atoms with Crippen molar-refractivity contribution in [3.63, 3.8) is 0 Å². The molecule has 0 aliphatic rings. The number of pyridine rings is 1. The minimum Gasteiger partial charge on any atom is -0.481 e. The number of carboxylic acids is 5. The molecular formula is C39H47N9O15. The van der Waals surface area contributed by atoms with Crippen molar-refractivity contribution >= 4 is 76.1 Å². The Balaban J connectivity index is 1.72. The van der Waals surface area contributed by atoms with Crippen LogP contribution in [0.2, 0.25) is 0 Å². The van der Waals surface area contributed by atoms with Gasteiger partial charge in [-0.05, 0) is 60.6 Å². The molecule has 338 valence electrons. The second kappa shape index (κ2) is 24.4. The zero-order chi connectivity index (χ0) is 46.6. The number of nitrogen functional groups attached to an aromatic ring is 1. The summed E-state index contributed by atoms with van der Waals surface area (Å²) in [6.45, 7) is -0.108. The molecule has 0 aliphatic carbocycles. The third-order valence-corrected chi connectivity index (χ3v) is 9.20. The predicted octanol–water partition coefficient (Wildman–Crippen LogP) is -0.863. The van der Waals surface area contributed by atoms with E-state index in [9.17, 15) is 68.4 Å². The second-order valence-electron chi connectivity index (χ2n) is 13.9. The van der Waals surface area contributed by atoms with Crippen molar-refractivity contribution in [2.24, 2.45) is 5.84 Å². The quantitative estimate of drug-likeness (QED) is 0.0202. The Morgan fingerprint density at radius 2 is 1.21 bits per heavy atom. The van der Waals surface area contributed by atoms with Crippen molar-refractivity contribution in [3.05, 3.63) is 71.9 Å². The highest BCUT2D eigenvalue weighted by atomic mass is 16.4. The molecule has 3 aromatic rings. The fourth-order valence-electron chi connectivity index (χ4n) is 5.89. The summed E-state index contributed by atoms with van der Waals surface area (Å²) >= 11 is 0. The van der Waals surface area contributed by atoms with Crippen molar-refractivity contribution in [2.45, 2.75) is 81.6 Å². The van der Waals surface area contributed by atoms with Crippen LogP contribution >= 0.6 is 0 Å². The Kier molecular flexibility index (Phi) is 19.2. The average molecular weight is 882 g/mol. The number of carbonyl (C=O) groups is 10. The van der Waals surface area contributed by atoms with Gasteiger partial charge >= 0.3 is 35.9 Å². The summed E-state index contributed by atoms with van der Waals surface area (Å²) < 4.78 is 0. The number of urea groups is 1. The number of hydrogen-bond acceptors (Lipinski definition) is 13. The van der Waals surface area contributed by atoms with Crippen LogP contribution in [0, 0.1) is 0 Å². The number of nitrogens with one attached hydrogen (secondary N) is 7. The number of carboxylic acid groups (broad SMARTS) is 5. The van der Waals surface area contributed by atoms with Gasteiger partial charge in [-0.15, -0.1) is 0 Å². The molecule has 6 amide bonds. The predicted molar refractivity (Wildman–Crippen MR) is 218 cm³/mol. The Morgan fingerprint density at radius 1 is 0.587 bits per heavy atom. The van der Waals surface area contributed by atoms with Crippen molar-refractivity contribution < 1.29 is 73.5 Å². The van der Waals surface area contributed by atoms with E-state index in [0.717, 1.165) is 17.0 Å². The summed E-state index contributed by atoms with van der Waals surface area (Å²) in [4.78, 5) is 127. The number of fused-ring (bicyclic) bond motifs is 1. The molecule has 0 aliphatic heterocycles. The highest BCUT2D eigenvalue weighted by molar-refractivity contribution is 6.06. The van der Waals surface area contributed by atoms with Crippen LogP contribution in [-0.2, 0) is 44.8 Å². The van der Waals surface area contributed by atoms with Gasteiger partial charge in [0.15, 0.2) is 0 Å². The molecule has 24 heteroatoms. The van der Waals surface area contributed by atoms with E-state index in [1.165, 1.54) is 12.1 Å². The van der Waals surface area contributed by atoms with Crippen LogP contribution in [0.15, 0.2) is 60.8 Å². The number of nitrogens with zero attached hydrogens (tertiary/aromatic N) is 1. The van der Waals surface area contributed by atoms with Crippen molar-refractivity contribution in [2.75, 3.05) is 12.0 Å². The number of hydrogen-bond donors (Lipinski definition) is 13. The number of unbranched alkanes of at least 4 members (excludes halogenated alkanes) is 1. The average Bonchev–Trinajstić information content (AvgIpc) is 3.24. The summed E-state index contributed by atoms with van der Waals surface area (Å²) in [5.74, 6) is -6.32. The monoisotopic (exact) mass is 881 g/mol. The molecule has 1 aromatic heterocycles. The first-order valence-corrected chi connectivity index (χ1v) is 19.2. The van der Waals surface area contributed by atoms with Crippen LogP contribution in [0.5, 0.6) is 0 Å². The molecular weight excluding hydrogens is 834 g/mol. The molecule has 0 fully saturated rings. The second-order valence-corrected chi connectivity index (χ2v) is 13.9. The number of aromatic nitrogens is 1. The molecule has 0 bridgehead atoms. The molecule has 5 atom stereocenters. The SMILES string of the molecule is NNc1ccc(C(=O)NC(CCC(=O)O)C(=O)NC(C(=O)O)C(=O)NC(Cc2ccc3ccccc3c2)C(=O)NCCCCC(NC(=O)NC(CCC(=O)O)C(=O)O)C(=O)O)cn1. The van der Waals surface area contributed by atoms with E-state index >= 15 is 0 Å². The van der Waals surface area contributed by atoms with Gasteiger partial charge < -0.3 is 62.9 Å². The maximum absolute atomic E-state index is 13.6. The van der Waals surface area contributed by atoms with Crippen molar-refractivity contribution in [3.8, 4) is 0 Å². The van der Waals surface area contributed by atoms with Crippen LogP contribution in [0.3, 0.4) is 0 Å². The zero-order valence-corrected chi connectivity index (χ0v) is 33.4. The van der Waals surface area contributed by atoms with Crippen molar-refractivity contribution in [1.29, 1.82) is 0 Å². The first-order chi connectivity index (χ1) is 29.9. The highest BCUT2D eigenvalue weighted by Crippen LogP contribution is 2.17. The lowest BCUT2D eigenvalue weighted by atomic mass is 10.0. The number of amides is 6. The Bertz CT molecular complexity index is 2170. The smallest absolute Gasteiger partial charge is 0.336 e. The molecule has 5 unspecified atom stereocenters. The van der Waals surface area contributed by atoms with Gasteiger partial charge in [-0.2, -0.15) is 0 Å². The van der Waals surface area contributed by atoms with Crippen LogP contribution < -0.4 is 43.2 Å². The molecule has 3 rings (SSSR count). The minimum absolute atomic E-state index is 0.0691. The Labute approximate surface area is 357 Å². The molecule has 0 radical (unpaired) electrons. The number of carbonyl (C=O) groups excluding carboxylic acids is 5. The van der Waals surface area contributed by atoms with E-state index in [4.69, 9.17) is 10.9 Å². The first-order valence-electron chi connectivity index (χ1n) is 19.2.